The van der Waals surface area contributed by atoms with Crippen molar-refractivity contribution in [3.05, 3.63) is 35.1 Å². The maximum atomic E-state index is 13.0. The molecule has 0 amide bonds. The first kappa shape index (κ1) is 14.1. The smallest absolute Gasteiger partial charge is 0.123 e. The Kier molecular flexibility index (Phi) is 6.16. The van der Waals surface area contributed by atoms with Crippen LogP contribution in [0.15, 0.2) is 18.2 Å². The maximum absolute atomic E-state index is 13.0. The molecule has 3 heteroatoms. The number of hydrogen-bond acceptors (Lipinski definition) is 2. The van der Waals surface area contributed by atoms with E-state index in [2.05, 4.69) is 19.2 Å². The summed E-state index contributed by atoms with van der Waals surface area (Å²) in [4.78, 5) is 0. The lowest BCUT2D eigenvalue weighted by molar-refractivity contribution is 0.111. The van der Waals surface area contributed by atoms with Crippen molar-refractivity contribution in [2.45, 2.75) is 27.3 Å². The summed E-state index contributed by atoms with van der Waals surface area (Å²) in [5, 5.41) is 3.25. The summed E-state index contributed by atoms with van der Waals surface area (Å²) in [6.45, 7) is 9.23. The second-order valence-electron chi connectivity index (χ2n) is 4.72. The highest BCUT2D eigenvalue weighted by Gasteiger charge is 2.00. The Labute approximate surface area is 103 Å². The number of nitrogens with one attached hydrogen (secondary N) is 1. The molecule has 0 aliphatic heterocycles. The SMILES string of the molecule is Cc1ccc(F)cc1CNCCOCC(C)C. The van der Waals surface area contributed by atoms with Crippen molar-refractivity contribution in [1.29, 1.82) is 0 Å². The summed E-state index contributed by atoms with van der Waals surface area (Å²) >= 11 is 0. The lowest BCUT2D eigenvalue weighted by Crippen LogP contribution is -2.20. The molecule has 0 bridgehead atoms. The zero-order chi connectivity index (χ0) is 12.7. The summed E-state index contributed by atoms with van der Waals surface area (Å²) in [5.41, 5.74) is 2.12. The largest absolute Gasteiger partial charge is 0.380 e. The van der Waals surface area contributed by atoms with Gasteiger partial charge in [-0.2, -0.15) is 0 Å². The average molecular weight is 239 g/mol. The summed E-state index contributed by atoms with van der Waals surface area (Å²) in [6.07, 6.45) is 0. The number of hydrogen-bond donors (Lipinski definition) is 1. The highest BCUT2D eigenvalue weighted by atomic mass is 19.1. The Balaban J connectivity index is 2.20. The van der Waals surface area contributed by atoms with E-state index in [0.717, 1.165) is 24.3 Å². The third-order valence-electron chi connectivity index (χ3n) is 2.50. The first-order valence-corrected chi connectivity index (χ1v) is 6.13. The molecule has 0 aliphatic rings. The number of aryl methyl sites for hydroxylation is 1. The van der Waals surface area contributed by atoms with Crippen LogP contribution in [0.4, 0.5) is 4.39 Å². The van der Waals surface area contributed by atoms with Crippen molar-refractivity contribution >= 4 is 0 Å². The fraction of sp³-hybridized carbons (Fsp3) is 0.571. The van der Waals surface area contributed by atoms with E-state index in [1.54, 1.807) is 6.07 Å². The zero-order valence-corrected chi connectivity index (χ0v) is 10.9. The molecule has 0 saturated heterocycles. The van der Waals surface area contributed by atoms with Gasteiger partial charge in [0.2, 0.25) is 0 Å². The molecule has 96 valence electrons. The minimum atomic E-state index is -0.177. The maximum Gasteiger partial charge on any atom is 0.123 e. The highest BCUT2D eigenvalue weighted by molar-refractivity contribution is 5.26. The van der Waals surface area contributed by atoms with Crippen LogP contribution in [0.2, 0.25) is 0 Å². The molecule has 1 aromatic carbocycles. The van der Waals surface area contributed by atoms with Gasteiger partial charge in [0.05, 0.1) is 6.61 Å². The van der Waals surface area contributed by atoms with Crippen LogP contribution >= 0.6 is 0 Å². The van der Waals surface area contributed by atoms with Crippen molar-refractivity contribution in [1.82, 2.24) is 5.32 Å². The second kappa shape index (κ2) is 7.41. The fourth-order valence-electron chi connectivity index (χ4n) is 1.52. The Hall–Kier alpha value is -0.930. The Morgan fingerprint density at radius 2 is 2.12 bits per heavy atom. The van der Waals surface area contributed by atoms with Gasteiger partial charge < -0.3 is 10.1 Å². The molecule has 0 heterocycles. The van der Waals surface area contributed by atoms with E-state index in [1.165, 1.54) is 6.07 Å². The van der Waals surface area contributed by atoms with Crippen LogP contribution in [0.3, 0.4) is 0 Å². The van der Waals surface area contributed by atoms with E-state index >= 15 is 0 Å². The molecule has 0 fully saturated rings. The van der Waals surface area contributed by atoms with Gasteiger partial charge in [-0.25, -0.2) is 4.39 Å². The fourth-order valence-corrected chi connectivity index (χ4v) is 1.52. The number of benzene rings is 1. The normalized spacial score (nSPS) is 11.1. The van der Waals surface area contributed by atoms with Crippen LogP contribution in [0.1, 0.15) is 25.0 Å². The molecule has 0 radical (unpaired) electrons. The molecule has 0 aliphatic carbocycles. The standard InChI is InChI=1S/C14H22FNO/c1-11(2)10-17-7-6-16-9-13-8-14(15)5-4-12(13)3/h4-5,8,11,16H,6-7,9-10H2,1-3H3. The molecule has 0 atom stereocenters. The second-order valence-corrected chi connectivity index (χ2v) is 4.72. The summed E-state index contributed by atoms with van der Waals surface area (Å²) < 4.78 is 18.5. The summed E-state index contributed by atoms with van der Waals surface area (Å²) in [7, 11) is 0. The van der Waals surface area contributed by atoms with Crippen LogP contribution in [0, 0.1) is 18.7 Å². The molecule has 0 unspecified atom stereocenters. The zero-order valence-electron chi connectivity index (χ0n) is 10.9. The molecule has 0 saturated carbocycles. The Morgan fingerprint density at radius 1 is 1.35 bits per heavy atom. The third kappa shape index (κ3) is 5.80. The predicted molar refractivity (Wildman–Crippen MR) is 68.5 cm³/mol. The predicted octanol–water partition coefficient (Wildman–Crippen LogP) is 2.90. The van der Waals surface area contributed by atoms with E-state index in [-0.39, 0.29) is 5.82 Å². The lowest BCUT2D eigenvalue weighted by Gasteiger charge is -2.09. The molecule has 2 nitrogen and oxygen atoms in total. The Morgan fingerprint density at radius 3 is 2.82 bits per heavy atom. The molecule has 0 aromatic heterocycles. The first-order valence-electron chi connectivity index (χ1n) is 6.13. The molecule has 17 heavy (non-hydrogen) atoms. The quantitative estimate of drug-likeness (QED) is 0.739. The van der Waals surface area contributed by atoms with Crippen LogP contribution in [0.5, 0.6) is 0 Å². The van der Waals surface area contributed by atoms with Crippen molar-refractivity contribution in [2.75, 3.05) is 19.8 Å². The minimum absolute atomic E-state index is 0.177. The van der Waals surface area contributed by atoms with E-state index in [9.17, 15) is 4.39 Å². The van der Waals surface area contributed by atoms with E-state index in [0.29, 0.717) is 19.1 Å². The number of halogens is 1. The van der Waals surface area contributed by atoms with Gasteiger partial charge >= 0.3 is 0 Å². The van der Waals surface area contributed by atoms with E-state index in [1.807, 2.05) is 13.0 Å². The summed E-state index contributed by atoms with van der Waals surface area (Å²) in [6, 6.07) is 4.88. The monoisotopic (exact) mass is 239 g/mol. The molecule has 1 rings (SSSR count). The van der Waals surface area contributed by atoms with Crippen molar-refractivity contribution in [3.8, 4) is 0 Å². The minimum Gasteiger partial charge on any atom is -0.380 e. The average Bonchev–Trinajstić information content (AvgIpc) is 2.27. The van der Waals surface area contributed by atoms with Crippen LogP contribution in [-0.4, -0.2) is 19.8 Å². The van der Waals surface area contributed by atoms with E-state index in [4.69, 9.17) is 4.74 Å². The Bertz CT molecular complexity index is 339. The van der Waals surface area contributed by atoms with Crippen molar-refractivity contribution in [3.63, 3.8) is 0 Å². The molecule has 1 aromatic rings. The van der Waals surface area contributed by atoms with Gasteiger partial charge in [-0.1, -0.05) is 19.9 Å². The van der Waals surface area contributed by atoms with Gasteiger partial charge in [-0.3, -0.25) is 0 Å². The topological polar surface area (TPSA) is 21.3 Å². The lowest BCUT2D eigenvalue weighted by atomic mass is 10.1. The van der Waals surface area contributed by atoms with Gasteiger partial charge in [0.15, 0.2) is 0 Å². The van der Waals surface area contributed by atoms with Gasteiger partial charge in [-0.05, 0) is 36.1 Å². The van der Waals surface area contributed by atoms with Gasteiger partial charge in [0.25, 0.3) is 0 Å². The summed E-state index contributed by atoms with van der Waals surface area (Å²) in [5.74, 6) is 0.393. The van der Waals surface area contributed by atoms with Gasteiger partial charge in [-0.15, -0.1) is 0 Å². The number of ether oxygens (including phenoxy) is 1. The van der Waals surface area contributed by atoms with Crippen LogP contribution < -0.4 is 5.32 Å². The van der Waals surface area contributed by atoms with Crippen LogP contribution in [-0.2, 0) is 11.3 Å². The molecule has 1 N–H and O–H groups in total. The molecular weight excluding hydrogens is 217 g/mol. The van der Waals surface area contributed by atoms with Crippen molar-refractivity contribution < 1.29 is 9.13 Å². The highest BCUT2D eigenvalue weighted by Crippen LogP contribution is 2.09. The van der Waals surface area contributed by atoms with Gasteiger partial charge in [0, 0.05) is 19.7 Å². The van der Waals surface area contributed by atoms with Gasteiger partial charge in [0.1, 0.15) is 5.82 Å². The molecule has 0 spiro atoms. The molecular formula is C14H22FNO. The van der Waals surface area contributed by atoms with Crippen molar-refractivity contribution in [2.24, 2.45) is 5.92 Å². The third-order valence-corrected chi connectivity index (χ3v) is 2.50. The number of rotatable bonds is 7. The van der Waals surface area contributed by atoms with E-state index < -0.39 is 0 Å². The van der Waals surface area contributed by atoms with Crippen LogP contribution in [0.25, 0.3) is 0 Å². The first-order chi connectivity index (χ1) is 8.09.